The van der Waals surface area contributed by atoms with Crippen LogP contribution in [-0.4, -0.2) is 42.7 Å². The van der Waals surface area contributed by atoms with E-state index in [2.05, 4.69) is 17.3 Å². The number of nitro benzene ring substituents is 1. The van der Waals surface area contributed by atoms with Crippen molar-refractivity contribution in [3.05, 3.63) is 33.9 Å². The van der Waals surface area contributed by atoms with E-state index >= 15 is 0 Å². The highest BCUT2D eigenvalue weighted by atomic mass is 16.6. The van der Waals surface area contributed by atoms with Gasteiger partial charge in [-0.2, -0.15) is 0 Å². The molecule has 2 rings (SSSR count). The minimum Gasteiger partial charge on any atom is -0.380 e. The Kier molecular flexibility index (Phi) is 5.52. The number of hydrogen-bond acceptors (Lipinski definition) is 5. The van der Waals surface area contributed by atoms with E-state index in [0.29, 0.717) is 11.7 Å². The molecule has 1 aromatic rings. The molecular formula is C15H23N3O3. The molecule has 1 atom stereocenters. The van der Waals surface area contributed by atoms with E-state index in [1.54, 1.807) is 6.07 Å². The molecule has 116 valence electrons. The van der Waals surface area contributed by atoms with Crippen molar-refractivity contribution < 1.29 is 9.66 Å². The topological polar surface area (TPSA) is 67.6 Å². The first-order valence-corrected chi connectivity index (χ1v) is 7.41. The summed E-state index contributed by atoms with van der Waals surface area (Å²) in [6.45, 7) is 5.13. The molecule has 1 aliphatic heterocycles. The Morgan fingerprint density at radius 2 is 2.33 bits per heavy atom. The van der Waals surface area contributed by atoms with Crippen molar-refractivity contribution in [1.82, 2.24) is 4.90 Å². The van der Waals surface area contributed by atoms with Gasteiger partial charge in [-0.3, -0.25) is 15.0 Å². The van der Waals surface area contributed by atoms with E-state index < -0.39 is 0 Å². The lowest BCUT2D eigenvalue weighted by molar-refractivity contribution is -0.384. The maximum absolute atomic E-state index is 11.1. The SMILES string of the molecule is CCCNc1cc(CN(C)C2CCOC2)ccc1[N+](=O)[O-]. The van der Waals surface area contributed by atoms with Gasteiger partial charge in [0.1, 0.15) is 5.69 Å². The first-order chi connectivity index (χ1) is 10.1. The second-order valence-corrected chi connectivity index (χ2v) is 5.47. The summed E-state index contributed by atoms with van der Waals surface area (Å²) in [7, 11) is 2.07. The van der Waals surface area contributed by atoms with Crippen LogP contribution in [0.2, 0.25) is 0 Å². The molecule has 0 bridgehead atoms. The molecule has 1 unspecified atom stereocenters. The lowest BCUT2D eigenvalue weighted by Crippen LogP contribution is -2.31. The number of nitrogens with zero attached hydrogens (tertiary/aromatic N) is 2. The Bertz CT molecular complexity index is 487. The molecule has 0 spiro atoms. The molecule has 1 aliphatic rings. The van der Waals surface area contributed by atoms with Crippen LogP contribution >= 0.6 is 0 Å². The first kappa shape index (κ1) is 15.7. The predicted octanol–water partition coefficient (Wildman–Crippen LogP) is 2.64. The van der Waals surface area contributed by atoms with Crippen LogP contribution in [-0.2, 0) is 11.3 Å². The van der Waals surface area contributed by atoms with Crippen molar-refractivity contribution >= 4 is 11.4 Å². The first-order valence-electron chi connectivity index (χ1n) is 7.41. The molecule has 0 aromatic heterocycles. The number of rotatable bonds is 7. The van der Waals surface area contributed by atoms with Gasteiger partial charge in [0.05, 0.1) is 11.5 Å². The molecule has 1 fully saturated rings. The second-order valence-electron chi connectivity index (χ2n) is 5.47. The zero-order valence-corrected chi connectivity index (χ0v) is 12.7. The van der Waals surface area contributed by atoms with Crippen LogP contribution in [0.15, 0.2) is 18.2 Å². The van der Waals surface area contributed by atoms with Crippen molar-refractivity contribution in [2.45, 2.75) is 32.4 Å². The van der Waals surface area contributed by atoms with Gasteiger partial charge in [-0.1, -0.05) is 13.0 Å². The van der Waals surface area contributed by atoms with Gasteiger partial charge >= 0.3 is 0 Å². The third-order valence-electron chi connectivity index (χ3n) is 3.78. The number of likely N-dealkylation sites (N-methyl/N-ethyl adjacent to an activating group) is 1. The smallest absolute Gasteiger partial charge is 0.292 e. The molecular weight excluding hydrogens is 270 g/mol. The molecule has 1 saturated heterocycles. The average Bonchev–Trinajstić information content (AvgIpc) is 2.99. The number of hydrogen-bond donors (Lipinski definition) is 1. The standard InChI is InChI=1S/C15H23N3O3/c1-3-7-16-14-9-12(4-5-15(14)18(19)20)10-17(2)13-6-8-21-11-13/h4-5,9,13,16H,3,6-8,10-11H2,1-2H3. The third-order valence-corrected chi connectivity index (χ3v) is 3.78. The average molecular weight is 293 g/mol. The van der Waals surface area contributed by atoms with Gasteiger partial charge in [0.15, 0.2) is 0 Å². The fourth-order valence-corrected chi connectivity index (χ4v) is 2.53. The summed E-state index contributed by atoms with van der Waals surface area (Å²) < 4.78 is 5.40. The number of benzene rings is 1. The van der Waals surface area contributed by atoms with Crippen LogP contribution < -0.4 is 5.32 Å². The van der Waals surface area contributed by atoms with E-state index in [0.717, 1.165) is 44.7 Å². The molecule has 1 aromatic carbocycles. The van der Waals surface area contributed by atoms with Crippen molar-refractivity contribution in [2.24, 2.45) is 0 Å². The van der Waals surface area contributed by atoms with Crippen LogP contribution in [0.1, 0.15) is 25.3 Å². The molecule has 6 heteroatoms. The summed E-state index contributed by atoms with van der Waals surface area (Å²) in [6, 6.07) is 5.75. The van der Waals surface area contributed by atoms with E-state index in [-0.39, 0.29) is 10.6 Å². The minimum absolute atomic E-state index is 0.138. The summed E-state index contributed by atoms with van der Waals surface area (Å²) >= 11 is 0. The van der Waals surface area contributed by atoms with Crippen molar-refractivity contribution in [3.63, 3.8) is 0 Å². The quantitative estimate of drug-likeness (QED) is 0.618. The molecule has 0 saturated carbocycles. The summed E-state index contributed by atoms with van der Waals surface area (Å²) in [5.74, 6) is 0. The second kappa shape index (κ2) is 7.38. The van der Waals surface area contributed by atoms with E-state index in [9.17, 15) is 10.1 Å². The lowest BCUT2D eigenvalue weighted by atomic mass is 10.1. The molecule has 1 N–H and O–H groups in total. The van der Waals surface area contributed by atoms with Crippen molar-refractivity contribution in [3.8, 4) is 0 Å². The normalized spacial score (nSPS) is 18.1. The van der Waals surface area contributed by atoms with Gasteiger partial charge in [0.25, 0.3) is 5.69 Å². The molecule has 21 heavy (non-hydrogen) atoms. The van der Waals surface area contributed by atoms with Crippen LogP contribution in [0.3, 0.4) is 0 Å². The minimum atomic E-state index is -0.337. The summed E-state index contributed by atoms with van der Waals surface area (Å²) in [5.41, 5.74) is 1.82. The third kappa shape index (κ3) is 4.15. The Morgan fingerprint density at radius 1 is 1.52 bits per heavy atom. The molecule has 0 amide bonds. The highest BCUT2D eigenvalue weighted by molar-refractivity contribution is 5.62. The van der Waals surface area contributed by atoms with E-state index in [1.165, 1.54) is 0 Å². The summed E-state index contributed by atoms with van der Waals surface area (Å²) in [5, 5.41) is 14.2. The largest absolute Gasteiger partial charge is 0.380 e. The molecule has 0 radical (unpaired) electrons. The van der Waals surface area contributed by atoms with E-state index in [1.807, 2.05) is 19.1 Å². The monoisotopic (exact) mass is 293 g/mol. The predicted molar refractivity (Wildman–Crippen MR) is 82.6 cm³/mol. The maximum atomic E-state index is 11.1. The van der Waals surface area contributed by atoms with Crippen molar-refractivity contribution in [2.75, 3.05) is 32.1 Å². The number of anilines is 1. The van der Waals surface area contributed by atoms with Crippen LogP contribution in [0.4, 0.5) is 11.4 Å². The lowest BCUT2D eigenvalue weighted by Gasteiger charge is -2.23. The molecule has 6 nitrogen and oxygen atoms in total. The Balaban J connectivity index is 2.10. The number of nitrogens with one attached hydrogen (secondary N) is 1. The zero-order chi connectivity index (χ0) is 15.2. The highest BCUT2D eigenvalue weighted by Crippen LogP contribution is 2.26. The van der Waals surface area contributed by atoms with Gasteiger partial charge in [0, 0.05) is 31.8 Å². The van der Waals surface area contributed by atoms with Gasteiger partial charge in [-0.25, -0.2) is 0 Å². The van der Waals surface area contributed by atoms with Gasteiger partial charge in [0.2, 0.25) is 0 Å². The fourth-order valence-electron chi connectivity index (χ4n) is 2.53. The van der Waals surface area contributed by atoms with Gasteiger partial charge in [-0.15, -0.1) is 0 Å². The Labute approximate surface area is 125 Å². The Hall–Kier alpha value is -1.66. The van der Waals surface area contributed by atoms with Crippen LogP contribution in [0, 0.1) is 10.1 Å². The number of nitro groups is 1. The van der Waals surface area contributed by atoms with Crippen LogP contribution in [0.25, 0.3) is 0 Å². The van der Waals surface area contributed by atoms with Crippen molar-refractivity contribution in [1.29, 1.82) is 0 Å². The fraction of sp³-hybridized carbons (Fsp3) is 0.600. The number of ether oxygens (including phenoxy) is 1. The Morgan fingerprint density at radius 3 is 2.95 bits per heavy atom. The van der Waals surface area contributed by atoms with Gasteiger partial charge in [-0.05, 0) is 31.5 Å². The van der Waals surface area contributed by atoms with Crippen LogP contribution in [0.5, 0.6) is 0 Å². The molecule has 1 heterocycles. The molecule has 0 aliphatic carbocycles. The highest BCUT2D eigenvalue weighted by Gasteiger charge is 2.21. The zero-order valence-electron chi connectivity index (χ0n) is 12.7. The maximum Gasteiger partial charge on any atom is 0.292 e. The summed E-state index contributed by atoms with van der Waals surface area (Å²) in [4.78, 5) is 13.0. The summed E-state index contributed by atoms with van der Waals surface area (Å²) in [6.07, 6.45) is 1.98. The van der Waals surface area contributed by atoms with E-state index in [4.69, 9.17) is 4.74 Å². The van der Waals surface area contributed by atoms with Gasteiger partial charge < -0.3 is 10.1 Å².